The zero-order valence-corrected chi connectivity index (χ0v) is 22.8. The number of benzene rings is 1. The van der Waals surface area contributed by atoms with Gasteiger partial charge in [-0.3, -0.25) is 19.3 Å². The summed E-state index contributed by atoms with van der Waals surface area (Å²) in [5, 5.41) is 11.1. The lowest BCUT2D eigenvalue weighted by molar-refractivity contribution is -0.117. The average Bonchev–Trinajstić information content (AvgIpc) is 3.59. The maximum absolute atomic E-state index is 13.5. The number of hydrogen-bond donors (Lipinski definition) is 1. The van der Waals surface area contributed by atoms with Gasteiger partial charge in [-0.1, -0.05) is 31.3 Å². The molecule has 1 N–H and O–H groups in total. The van der Waals surface area contributed by atoms with E-state index in [0.717, 1.165) is 17.8 Å². The van der Waals surface area contributed by atoms with Crippen LogP contribution in [-0.4, -0.2) is 40.8 Å². The van der Waals surface area contributed by atoms with E-state index >= 15 is 0 Å². The molecule has 1 amide bonds. The standard InChI is InChI=1S/C28H30N2O7S/c1-6-35-21-14-18(9-10-19(21)37-13-11-15(2)3)23-22(24(32)20-8-7-12-36-20)25(33)27(34)30(23)28-29-16(4)26(38-28)17(5)31/h7-10,12,14-15,23,33H,6,11,13H2,1-5H3. The summed E-state index contributed by atoms with van der Waals surface area (Å²) >= 11 is 1.03. The molecule has 9 nitrogen and oxygen atoms in total. The lowest BCUT2D eigenvalue weighted by Gasteiger charge is -2.25. The Morgan fingerprint density at radius 3 is 2.58 bits per heavy atom. The first-order chi connectivity index (χ1) is 18.1. The van der Waals surface area contributed by atoms with Crippen molar-refractivity contribution in [3.8, 4) is 11.5 Å². The van der Waals surface area contributed by atoms with Crippen LogP contribution in [0, 0.1) is 12.8 Å². The molecular weight excluding hydrogens is 508 g/mol. The van der Waals surface area contributed by atoms with Crippen LogP contribution < -0.4 is 14.4 Å². The second kappa shape index (κ2) is 11.2. The van der Waals surface area contributed by atoms with Crippen molar-refractivity contribution in [1.82, 2.24) is 4.98 Å². The highest BCUT2D eigenvalue weighted by Gasteiger charge is 2.47. The fraction of sp³-hybridized carbons (Fsp3) is 0.357. The van der Waals surface area contributed by atoms with E-state index in [4.69, 9.17) is 13.9 Å². The van der Waals surface area contributed by atoms with E-state index in [2.05, 4.69) is 18.8 Å². The average molecular weight is 539 g/mol. The SMILES string of the molecule is CCOc1cc(C2C(C(=O)c3ccco3)=C(O)C(=O)N2c2nc(C)c(C(C)=O)s2)ccc1OCCC(C)C. The number of aliphatic hydroxyl groups excluding tert-OH is 1. The Hall–Kier alpha value is -3.92. The van der Waals surface area contributed by atoms with Gasteiger partial charge in [0, 0.05) is 6.92 Å². The van der Waals surface area contributed by atoms with E-state index in [1.807, 2.05) is 6.92 Å². The minimum atomic E-state index is -1.05. The van der Waals surface area contributed by atoms with E-state index in [0.29, 0.717) is 46.8 Å². The van der Waals surface area contributed by atoms with Crippen molar-refractivity contribution in [2.75, 3.05) is 18.1 Å². The van der Waals surface area contributed by atoms with E-state index in [-0.39, 0.29) is 22.2 Å². The van der Waals surface area contributed by atoms with Crippen molar-refractivity contribution in [3.63, 3.8) is 0 Å². The topological polar surface area (TPSA) is 119 Å². The molecule has 3 aromatic rings. The highest BCUT2D eigenvalue weighted by molar-refractivity contribution is 7.17. The summed E-state index contributed by atoms with van der Waals surface area (Å²) in [6.07, 6.45) is 2.20. The number of aliphatic hydroxyl groups is 1. The van der Waals surface area contributed by atoms with Gasteiger partial charge in [-0.05, 0) is 56.0 Å². The van der Waals surface area contributed by atoms with Gasteiger partial charge in [-0.15, -0.1) is 0 Å². The molecule has 0 spiro atoms. The number of rotatable bonds is 11. The number of carbonyl (C=O) groups excluding carboxylic acids is 3. The molecule has 10 heteroatoms. The van der Waals surface area contributed by atoms with Crippen LogP contribution in [-0.2, 0) is 4.79 Å². The summed E-state index contributed by atoms with van der Waals surface area (Å²) in [5.74, 6) is -0.922. The van der Waals surface area contributed by atoms with Gasteiger partial charge >= 0.3 is 0 Å². The molecule has 0 bridgehead atoms. The molecule has 1 atom stereocenters. The van der Waals surface area contributed by atoms with Gasteiger partial charge in [-0.2, -0.15) is 0 Å². The molecule has 2 aromatic heterocycles. The summed E-state index contributed by atoms with van der Waals surface area (Å²) in [6.45, 7) is 10.0. The van der Waals surface area contributed by atoms with E-state index in [1.54, 1.807) is 31.2 Å². The van der Waals surface area contributed by atoms with Crippen molar-refractivity contribution in [2.45, 2.75) is 47.1 Å². The second-order valence-corrected chi connectivity index (χ2v) is 10.3. The molecule has 200 valence electrons. The number of aromatic nitrogens is 1. The first-order valence-corrected chi connectivity index (χ1v) is 13.2. The highest BCUT2D eigenvalue weighted by Crippen LogP contribution is 2.45. The third kappa shape index (κ3) is 5.22. The Morgan fingerprint density at radius 2 is 1.97 bits per heavy atom. The lowest BCUT2D eigenvalue weighted by Crippen LogP contribution is -2.31. The number of Topliss-reactive ketones (excluding diaryl/α,β-unsaturated/α-hetero) is 2. The third-order valence-electron chi connectivity index (χ3n) is 6.04. The summed E-state index contributed by atoms with van der Waals surface area (Å²) < 4.78 is 17.1. The number of carbonyl (C=O) groups is 3. The monoisotopic (exact) mass is 538 g/mol. The molecule has 1 aliphatic heterocycles. The Labute approximate surface area is 224 Å². The summed E-state index contributed by atoms with van der Waals surface area (Å²) in [7, 11) is 0. The number of thiazole rings is 1. The van der Waals surface area contributed by atoms with Gasteiger partial charge in [0.15, 0.2) is 33.9 Å². The molecule has 0 radical (unpaired) electrons. The summed E-state index contributed by atoms with van der Waals surface area (Å²) in [6, 6.07) is 7.11. The maximum atomic E-state index is 13.5. The normalized spacial score (nSPS) is 15.5. The number of aryl methyl sites for hydroxylation is 1. The number of ether oxygens (including phenoxy) is 2. The van der Waals surface area contributed by atoms with Crippen molar-refractivity contribution >= 4 is 33.9 Å². The molecule has 0 saturated heterocycles. The smallest absolute Gasteiger partial charge is 0.296 e. The second-order valence-electron chi connectivity index (χ2n) is 9.28. The fourth-order valence-corrected chi connectivity index (χ4v) is 5.18. The first-order valence-electron chi connectivity index (χ1n) is 12.4. The Kier molecular flexibility index (Phi) is 8.01. The predicted molar refractivity (Wildman–Crippen MR) is 142 cm³/mol. The van der Waals surface area contributed by atoms with Crippen molar-refractivity contribution < 1.29 is 33.4 Å². The van der Waals surface area contributed by atoms with Gasteiger partial charge < -0.3 is 19.0 Å². The summed E-state index contributed by atoms with van der Waals surface area (Å²) in [5.41, 5.74) is 0.797. The van der Waals surface area contributed by atoms with Gasteiger partial charge in [0.1, 0.15) is 0 Å². The van der Waals surface area contributed by atoms with Gasteiger partial charge in [0.05, 0.1) is 41.7 Å². The van der Waals surface area contributed by atoms with Crippen molar-refractivity contribution in [3.05, 3.63) is 69.8 Å². The third-order valence-corrected chi connectivity index (χ3v) is 7.30. The van der Waals surface area contributed by atoms with Crippen LogP contribution in [0.3, 0.4) is 0 Å². The van der Waals surface area contributed by atoms with Gasteiger partial charge in [-0.25, -0.2) is 4.98 Å². The van der Waals surface area contributed by atoms with Gasteiger partial charge in [0.25, 0.3) is 5.91 Å². The van der Waals surface area contributed by atoms with E-state index < -0.39 is 23.5 Å². The van der Waals surface area contributed by atoms with Crippen LogP contribution in [0.25, 0.3) is 0 Å². The van der Waals surface area contributed by atoms with Crippen molar-refractivity contribution in [2.24, 2.45) is 5.92 Å². The quantitative estimate of drug-likeness (QED) is 0.302. The number of hydrogen-bond acceptors (Lipinski definition) is 9. The minimum absolute atomic E-state index is 0.0235. The molecular formula is C28H30N2O7S. The van der Waals surface area contributed by atoms with Crippen LogP contribution in [0.4, 0.5) is 5.13 Å². The van der Waals surface area contributed by atoms with Crippen LogP contribution in [0.1, 0.15) is 71.6 Å². The molecule has 0 aliphatic carbocycles. The molecule has 38 heavy (non-hydrogen) atoms. The number of amides is 1. The number of anilines is 1. The molecule has 1 aromatic carbocycles. The van der Waals surface area contributed by atoms with Gasteiger partial charge in [0.2, 0.25) is 5.78 Å². The molecule has 3 heterocycles. The lowest BCUT2D eigenvalue weighted by atomic mass is 9.95. The number of nitrogens with zero attached hydrogens (tertiary/aromatic N) is 2. The van der Waals surface area contributed by atoms with Crippen LogP contribution in [0.15, 0.2) is 52.3 Å². The van der Waals surface area contributed by atoms with Crippen LogP contribution in [0.5, 0.6) is 11.5 Å². The van der Waals surface area contributed by atoms with Crippen LogP contribution in [0.2, 0.25) is 0 Å². The van der Waals surface area contributed by atoms with E-state index in [9.17, 15) is 19.5 Å². The predicted octanol–water partition coefficient (Wildman–Crippen LogP) is 5.85. The molecule has 1 unspecified atom stereocenters. The Balaban J connectivity index is 1.83. The van der Waals surface area contributed by atoms with E-state index in [1.165, 1.54) is 24.2 Å². The van der Waals surface area contributed by atoms with Crippen molar-refractivity contribution in [1.29, 1.82) is 0 Å². The van der Waals surface area contributed by atoms with Crippen LogP contribution >= 0.6 is 11.3 Å². The molecule has 0 saturated carbocycles. The Bertz CT molecular complexity index is 1390. The zero-order chi connectivity index (χ0) is 27.6. The fourth-order valence-electron chi connectivity index (χ4n) is 4.19. The number of ketones is 2. The zero-order valence-electron chi connectivity index (χ0n) is 21.9. The number of furan rings is 1. The largest absolute Gasteiger partial charge is 0.503 e. The minimum Gasteiger partial charge on any atom is -0.503 e. The highest BCUT2D eigenvalue weighted by atomic mass is 32.1. The maximum Gasteiger partial charge on any atom is 0.296 e. The molecule has 0 fully saturated rings. The first kappa shape index (κ1) is 27.1. The summed E-state index contributed by atoms with van der Waals surface area (Å²) in [4.78, 5) is 45.1. The molecule has 4 rings (SSSR count). The molecule has 1 aliphatic rings. The Morgan fingerprint density at radius 1 is 1.21 bits per heavy atom.